The highest BCUT2D eigenvalue weighted by Gasteiger charge is 2.62. The van der Waals surface area contributed by atoms with Crippen molar-refractivity contribution in [1.82, 2.24) is 0 Å². The molecule has 13 heavy (non-hydrogen) atoms. The van der Waals surface area contributed by atoms with E-state index in [9.17, 15) is 4.79 Å². The predicted molar refractivity (Wildman–Crippen MR) is 48.2 cm³/mol. The van der Waals surface area contributed by atoms with Gasteiger partial charge in [-0.25, -0.2) is 0 Å². The Labute approximate surface area is 78.0 Å². The van der Waals surface area contributed by atoms with Crippen LogP contribution in [0.2, 0.25) is 0 Å². The van der Waals surface area contributed by atoms with E-state index in [-0.39, 0.29) is 11.5 Å². The summed E-state index contributed by atoms with van der Waals surface area (Å²) in [6, 6.07) is 0. The number of carbonyl (C=O) groups excluding carboxylic acids is 1. The van der Waals surface area contributed by atoms with Gasteiger partial charge in [0.2, 0.25) is 0 Å². The zero-order valence-corrected chi connectivity index (χ0v) is 7.82. The lowest BCUT2D eigenvalue weighted by molar-refractivity contribution is -0.127. The van der Waals surface area contributed by atoms with Gasteiger partial charge >= 0.3 is 0 Å². The van der Waals surface area contributed by atoms with Gasteiger partial charge in [-0.05, 0) is 18.8 Å². The van der Waals surface area contributed by atoms with Gasteiger partial charge in [0.1, 0.15) is 5.78 Å². The molecule has 0 aliphatic heterocycles. The Morgan fingerprint density at radius 1 is 1.54 bits per heavy atom. The first-order valence-electron chi connectivity index (χ1n) is 5.04. The summed E-state index contributed by atoms with van der Waals surface area (Å²) in [7, 11) is 1.76. The molecule has 0 amide bonds. The zero-order valence-electron chi connectivity index (χ0n) is 7.82. The minimum atomic E-state index is -0.101. The number of hydrogen-bond donors (Lipinski definition) is 0. The van der Waals surface area contributed by atoms with Gasteiger partial charge in [-0.2, -0.15) is 0 Å². The van der Waals surface area contributed by atoms with E-state index in [4.69, 9.17) is 4.74 Å². The largest absolute Gasteiger partial charge is 0.377 e. The van der Waals surface area contributed by atoms with Gasteiger partial charge in [0.25, 0.3) is 0 Å². The fourth-order valence-electron chi connectivity index (χ4n) is 3.64. The van der Waals surface area contributed by atoms with Gasteiger partial charge in [-0.3, -0.25) is 4.79 Å². The second-order valence-electron chi connectivity index (χ2n) is 4.49. The summed E-state index contributed by atoms with van der Waals surface area (Å²) in [5.41, 5.74) is -0.101. The van der Waals surface area contributed by atoms with Crippen LogP contribution >= 0.6 is 0 Å². The average Bonchev–Trinajstić information content (AvgIpc) is 2.77. The highest BCUT2D eigenvalue weighted by atomic mass is 16.5. The molecule has 0 spiro atoms. The maximum atomic E-state index is 11.7. The molecule has 0 saturated heterocycles. The molecule has 0 aromatic rings. The second kappa shape index (κ2) is 2.24. The topological polar surface area (TPSA) is 26.3 Å². The molecular formula is C11H14O2. The van der Waals surface area contributed by atoms with Crippen LogP contribution in [0.4, 0.5) is 0 Å². The van der Waals surface area contributed by atoms with Crippen molar-refractivity contribution in [1.29, 1.82) is 0 Å². The number of carbonyl (C=O) groups is 1. The minimum absolute atomic E-state index is 0.101. The van der Waals surface area contributed by atoms with Crippen LogP contribution in [0.25, 0.3) is 0 Å². The Morgan fingerprint density at radius 2 is 2.38 bits per heavy atom. The van der Waals surface area contributed by atoms with Crippen LogP contribution in [0.5, 0.6) is 0 Å². The summed E-state index contributed by atoms with van der Waals surface area (Å²) < 4.78 is 5.65. The summed E-state index contributed by atoms with van der Waals surface area (Å²) in [6.45, 7) is 0. The lowest BCUT2D eigenvalue weighted by atomic mass is 9.81. The molecule has 3 aliphatic carbocycles. The first kappa shape index (κ1) is 7.74. The Balaban J connectivity index is 2.08. The molecular weight excluding hydrogens is 164 g/mol. The first-order chi connectivity index (χ1) is 6.28. The number of allylic oxidation sites excluding steroid dienone is 1. The van der Waals surface area contributed by atoms with Crippen LogP contribution in [0, 0.1) is 17.8 Å². The van der Waals surface area contributed by atoms with Gasteiger partial charge < -0.3 is 4.74 Å². The number of methoxy groups -OCH3 is 1. The molecule has 2 heteroatoms. The summed E-state index contributed by atoms with van der Waals surface area (Å²) in [4.78, 5) is 11.7. The van der Waals surface area contributed by atoms with Crippen LogP contribution < -0.4 is 0 Å². The lowest BCUT2D eigenvalue weighted by Crippen LogP contribution is -2.41. The van der Waals surface area contributed by atoms with E-state index in [1.54, 1.807) is 7.11 Å². The second-order valence-corrected chi connectivity index (χ2v) is 4.49. The predicted octanol–water partition coefficient (Wildman–Crippen LogP) is 1.56. The monoisotopic (exact) mass is 178 g/mol. The third-order valence-electron chi connectivity index (χ3n) is 4.19. The number of ether oxygens (including phenoxy) is 1. The molecule has 3 aliphatic rings. The quantitative estimate of drug-likeness (QED) is 0.569. The van der Waals surface area contributed by atoms with Crippen LogP contribution in [-0.4, -0.2) is 18.5 Å². The number of ketones is 1. The molecule has 4 atom stereocenters. The van der Waals surface area contributed by atoms with Crippen molar-refractivity contribution in [3.05, 3.63) is 12.2 Å². The Bertz CT molecular complexity index is 294. The van der Waals surface area contributed by atoms with Gasteiger partial charge in [0.15, 0.2) is 0 Å². The molecule has 2 fully saturated rings. The third-order valence-corrected chi connectivity index (χ3v) is 4.19. The number of hydrogen-bond acceptors (Lipinski definition) is 2. The van der Waals surface area contributed by atoms with Crippen LogP contribution in [0.15, 0.2) is 12.2 Å². The SMILES string of the molecule is CO[C@]12CCC(=O)[C@H]1[C@H]1C=C[C@@H]2C1. The molecule has 0 radical (unpaired) electrons. The van der Waals surface area contributed by atoms with Crippen molar-refractivity contribution in [3.8, 4) is 0 Å². The van der Waals surface area contributed by atoms with Crippen LogP contribution in [0.1, 0.15) is 19.3 Å². The van der Waals surface area contributed by atoms with E-state index in [1.807, 2.05) is 0 Å². The van der Waals surface area contributed by atoms with E-state index in [2.05, 4.69) is 12.2 Å². The lowest BCUT2D eigenvalue weighted by Gasteiger charge is -2.34. The molecule has 2 saturated carbocycles. The summed E-state index contributed by atoms with van der Waals surface area (Å²) in [6.07, 6.45) is 7.29. The molecule has 0 heterocycles. The maximum Gasteiger partial charge on any atom is 0.139 e. The Kier molecular flexibility index (Phi) is 1.33. The van der Waals surface area contributed by atoms with E-state index < -0.39 is 0 Å². The first-order valence-corrected chi connectivity index (χ1v) is 5.04. The molecule has 70 valence electrons. The normalized spacial score (nSPS) is 51.8. The van der Waals surface area contributed by atoms with Crippen molar-refractivity contribution in [3.63, 3.8) is 0 Å². The molecule has 2 nitrogen and oxygen atoms in total. The molecule has 0 aromatic heterocycles. The Morgan fingerprint density at radius 3 is 3.08 bits per heavy atom. The Hall–Kier alpha value is -0.630. The number of rotatable bonds is 1. The average molecular weight is 178 g/mol. The van der Waals surface area contributed by atoms with E-state index >= 15 is 0 Å². The summed E-state index contributed by atoms with van der Waals surface area (Å²) >= 11 is 0. The smallest absolute Gasteiger partial charge is 0.139 e. The summed E-state index contributed by atoms with van der Waals surface area (Å²) in [5.74, 6) is 1.62. The van der Waals surface area contributed by atoms with Crippen LogP contribution in [0.3, 0.4) is 0 Å². The van der Waals surface area contributed by atoms with Gasteiger partial charge in [0.05, 0.1) is 11.5 Å². The number of fused-ring (bicyclic) bond motifs is 5. The highest BCUT2D eigenvalue weighted by Crippen LogP contribution is 2.58. The fraction of sp³-hybridized carbons (Fsp3) is 0.727. The third kappa shape index (κ3) is 0.715. The standard InChI is InChI=1S/C11H14O2/c1-13-11-5-4-9(12)10(11)7-2-3-8(11)6-7/h2-3,7-8,10H,4-6H2,1H3/t7-,8+,10+,11-/m0/s1. The van der Waals surface area contributed by atoms with Gasteiger partial charge in [0, 0.05) is 19.4 Å². The number of Topliss-reactive ketones (excluding diaryl/α,β-unsaturated/α-hetero) is 1. The molecule has 2 bridgehead atoms. The molecule has 0 N–H and O–H groups in total. The van der Waals surface area contributed by atoms with E-state index in [0.29, 0.717) is 17.6 Å². The summed E-state index contributed by atoms with van der Waals surface area (Å²) in [5, 5.41) is 0. The van der Waals surface area contributed by atoms with Crippen molar-refractivity contribution in [2.24, 2.45) is 17.8 Å². The molecule has 0 unspecified atom stereocenters. The van der Waals surface area contributed by atoms with Crippen molar-refractivity contribution in [2.75, 3.05) is 7.11 Å². The van der Waals surface area contributed by atoms with Gasteiger partial charge in [-0.15, -0.1) is 0 Å². The van der Waals surface area contributed by atoms with E-state index in [0.717, 1.165) is 19.3 Å². The zero-order chi connectivity index (χ0) is 9.05. The van der Waals surface area contributed by atoms with E-state index in [1.165, 1.54) is 0 Å². The molecule has 0 aromatic carbocycles. The highest BCUT2D eigenvalue weighted by molar-refractivity contribution is 5.86. The maximum absolute atomic E-state index is 11.7. The van der Waals surface area contributed by atoms with Crippen molar-refractivity contribution in [2.45, 2.75) is 24.9 Å². The van der Waals surface area contributed by atoms with Gasteiger partial charge in [-0.1, -0.05) is 12.2 Å². The van der Waals surface area contributed by atoms with Crippen molar-refractivity contribution < 1.29 is 9.53 Å². The van der Waals surface area contributed by atoms with Crippen LogP contribution in [-0.2, 0) is 9.53 Å². The molecule has 3 rings (SSSR count). The van der Waals surface area contributed by atoms with Crippen molar-refractivity contribution >= 4 is 5.78 Å². The minimum Gasteiger partial charge on any atom is -0.377 e. The fourth-order valence-corrected chi connectivity index (χ4v) is 3.64.